The van der Waals surface area contributed by atoms with Gasteiger partial charge in [-0.15, -0.1) is 0 Å². The van der Waals surface area contributed by atoms with Crippen molar-refractivity contribution in [2.75, 3.05) is 14.2 Å². The molecule has 0 aliphatic heterocycles. The van der Waals surface area contributed by atoms with Crippen molar-refractivity contribution in [1.82, 2.24) is 5.43 Å². The van der Waals surface area contributed by atoms with E-state index in [1.54, 1.807) is 36.4 Å². The van der Waals surface area contributed by atoms with Gasteiger partial charge in [0.15, 0.2) is 0 Å². The number of hydrazone groups is 1. The molecule has 3 aromatic carbocycles. The average Bonchev–Trinajstić information content (AvgIpc) is 2.84. The lowest BCUT2D eigenvalue weighted by atomic mass is 10.2. The van der Waals surface area contributed by atoms with Crippen molar-refractivity contribution in [3.8, 4) is 17.2 Å². The number of amides is 1. The maximum Gasteiger partial charge on any atom is 0.343 e. The Kier molecular flexibility index (Phi) is 7.32. The standard InChI is InChI=1S/C23H19N3O7/c1-31-19-8-3-15(4-9-19)22(27)25-24-14-17-13-18(26(29)30)7-12-21(17)33-23(28)16-5-10-20(32-2)11-6-16/h3-14H,1-2H3,(H,25,27)/b24-14+. The van der Waals surface area contributed by atoms with Gasteiger partial charge < -0.3 is 14.2 Å². The predicted octanol–water partition coefficient (Wildman–Crippen LogP) is 3.60. The van der Waals surface area contributed by atoms with Crippen LogP contribution in [0.3, 0.4) is 0 Å². The molecule has 1 N–H and O–H groups in total. The minimum atomic E-state index is -0.677. The molecule has 0 atom stereocenters. The molecule has 1 amide bonds. The molecule has 0 bridgehead atoms. The number of esters is 1. The van der Waals surface area contributed by atoms with Gasteiger partial charge in [-0.3, -0.25) is 14.9 Å². The van der Waals surface area contributed by atoms with E-state index in [0.29, 0.717) is 17.1 Å². The Labute approximate surface area is 188 Å². The molecule has 0 spiro atoms. The van der Waals surface area contributed by atoms with E-state index < -0.39 is 16.8 Å². The minimum absolute atomic E-state index is 0.0314. The van der Waals surface area contributed by atoms with Crippen molar-refractivity contribution in [3.05, 3.63) is 93.5 Å². The van der Waals surface area contributed by atoms with Crippen molar-refractivity contribution >= 4 is 23.8 Å². The van der Waals surface area contributed by atoms with Gasteiger partial charge in [-0.25, -0.2) is 10.2 Å². The van der Waals surface area contributed by atoms with Gasteiger partial charge in [0.05, 0.1) is 30.9 Å². The van der Waals surface area contributed by atoms with E-state index in [9.17, 15) is 19.7 Å². The lowest BCUT2D eigenvalue weighted by molar-refractivity contribution is -0.384. The zero-order chi connectivity index (χ0) is 23.8. The van der Waals surface area contributed by atoms with Gasteiger partial charge in [0.25, 0.3) is 11.6 Å². The second-order valence-corrected chi connectivity index (χ2v) is 6.52. The summed E-state index contributed by atoms with van der Waals surface area (Å²) in [5, 5.41) is 15.0. The molecular weight excluding hydrogens is 430 g/mol. The summed E-state index contributed by atoms with van der Waals surface area (Å²) in [7, 11) is 3.01. The summed E-state index contributed by atoms with van der Waals surface area (Å²) in [6, 6.07) is 16.3. The summed E-state index contributed by atoms with van der Waals surface area (Å²) in [6.45, 7) is 0. The first kappa shape index (κ1) is 22.9. The van der Waals surface area contributed by atoms with Crippen LogP contribution < -0.4 is 19.6 Å². The van der Waals surface area contributed by atoms with E-state index in [4.69, 9.17) is 14.2 Å². The van der Waals surface area contributed by atoms with Crippen LogP contribution in [0.4, 0.5) is 5.69 Å². The molecule has 0 unspecified atom stereocenters. The summed E-state index contributed by atoms with van der Waals surface area (Å²) in [6.07, 6.45) is 1.16. The monoisotopic (exact) mass is 449 g/mol. The van der Waals surface area contributed by atoms with Crippen LogP contribution in [0, 0.1) is 10.1 Å². The van der Waals surface area contributed by atoms with E-state index in [1.807, 2.05) is 0 Å². The number of rotatable bonds is 8. The van der Waals surface area contributed by atoms with Crippen LogP contribution in [0.25, 0.3) is 0 Å². The molecule has 0 fully saturated rings. The van der Waals surface area contributed by atoms with E-state index in [2.05, 4.69) is 10.5 Å². The Hall–Kier alpha value is -4.73. The predicted molar refractivity (Wildman–Crippen MR) is 119 cm³/mol. The highest BCUT2D eigenvalue weighted by atomic mass is 16.6. The molecule has 3 rings (SSSR count). The number of nitrogens with zero attached hydrogens (tertiary/aromatic N) is 2. The zero-order valence-electron chi connectivity index (χ0n) is 17.7. The zero-order valence-corrected chi connectivity index (χ0v) is 17.7. The van der Waals surface area contributed by atoms with Gasteiger partial charge in [0.2, 0.25) is 0 Å². The second-order valence-electron chi connectivity index (χ2n) is 6.52. The summed E-state index contributed by atoms with van der Waals surface area (Å²) in [5.74, 6) is 0.0145. The molecule has 10 heteroatoms. The summed E-state index contributed by atoms with van der Waals surface area (Å²) < 4.78 is 15.5. The van der Waals surface area contributed by atoms with Crippen LogP contribution in [-0.4, -0.2) is 37.2 Å². The van der Waals surface area contributed by atoms with Crippen LogP contribution in [0.1, 0.15) is 26.3 Å². The smallest absolute Gasteiger partial charge is 0.343 e. The highest BCUT2D eigenvalue weighted by molar-refractivity contribution is 5.96. The normalized spacial score (nSPS) is 10.5. The molecule has 0 radical (unpaired) electrons. The van der Waals surface area contributed by atoms with Crippen molar-refractivity contribution in [2.45, 2.75) is 0 Å². The number of hydrogen-bond acceptors (Lipinski definition) is 8. The molecule has 168 valence electrons. The van der Waals surface area contributed by atoms with Gasteiger partial charge in [-0.2, -0.15) is 5.10 Å². The van der Waals surface area contributed by atoms with E-state index in [1.165, 1.54) is 44.6 Å². The van der Waals surface area contributed by atoms with Crippen LogP contribution in [0.15, 0.2) is 71.8 Å². The first-order valence-electron chi connectivity index (χ1n) is 9.53. The van der Waals surface area contributed by atoms with Crippen LogP contribution in [0.5, 0.6) is 17.2 Å². The Morgan fingerprint density at radius 3 is 2.03 bits per heavy atom. The van der Waals surface area contributed by atoms with Gasteiger partial charge in [0, 0.05) is 23.3 Å². The third kappa shape index (κ3) is 5.91. The maximum atomic E-state index is 12.5. The number of methoxy groups -OCH3 is 2. The Morgan fingerprint density at radius 1 is 0.909 bits per heavy atom. The molecule has 3 aromatic rings. The first-order valence-corrected chi connectivity index (χ1v) is 9.53. The molecule has 33 heavy (non-hydrogen) atoms. The molecule has 0 saturated carbocycles. The summed E-state index contributed by atoms with van der Waals surface area (Å²) in [5.41, 5.74) is 2.80. The van der Waals surface area contributed by atoms with E-state index >= 15 is 0 Å². The number of hydrogen-bond donors (Lipinski definition) is 1. The molecule has 0 aliphatic carbocycles. The molecule has 10 nitrogen and oxygen atoms in total. The number of nitro groups is 1. The molecular formula is C23H19N3O7. The fraction of sp³-hybridized carbons (Fsp3) is 0.0870. The molecule has 0 saturated heterocycles. The summed E-state index contributed by atoms with van der Waals surface area (Å²) in [4.78, 5) is 35.3. The highest BCUT2D eigenvalue weighted by Gasteiger charge is 2.15. The number of benzene rings is 3. The van der Waals surface area contributed by atoms with Gasteiger partial charge in [-0.05, 0) is 54.6 Å². The van der Waals surface area contributed by atoms with Crippen molar-refractivity contribution in [1.29, 1.82) is 0 Å². The maximum absolute atomic E-state index is 12.5. The van der Waals surface area contributed by atoms with Gasteiger partial charge >= 0.3 is 5.97 Å². The first-order chi connectivity index (χ1) is 15.9. The fourth-order valence-corrected chi connectivity index (χ4v) is 2.70. The lowest BCUT2D eigenvalue weighted by Crippen LogP contribution is -2.17. The number of carbonyl (C=O) groups excluding carboxylic acids is 2. The topological polar surface area (TPSA) is 129 Å². The summed E-state index contributed by atoms with van der Waals surface area (Å²) >= 11 is 0. The highest BCUT2D eigenvalue weighted by Crippen LogP contribution is 2.24. The van der Waals surface area contributed by atoms with Crippen LogP contribution >= 0.6 is 0 Å². The Balaban J connectivity index is 1.78. The van der Waals surface area contributed by atoms with Gasteiger partial charge in [-0.1, -0.05) is 0 Å². The van der Waals surface area contributed by atoms with Crippen molar-refractivity contribution < 1.29 is 28.7 Å². The minimum Gasteiger partial charge on any atom is -0.497 e. The quantitative estimate of drug-likeness (QED) is 0.183. The van der Waals surface area contributed by atoms with E-state index in [-0.39, 0.29) is 22.6 Å². The van der Waals surface area contributed by atoms with Crippen LogP contribution in [-0.2, 0) is 0 Å². The number of non-ortho nitro benzene ring substituents is 1. The molecule has 0 heterocycles. The largest absolute Gasteiger partial charge is 0.497 e. The third-order valence-corrected chi connectivity index (χ3v) is 4.45. The number of nitro benzene ring substituents is 1. The van der Waals surface area contributed by atoms with Crippen molar-refractivity contribution in [2.24, 2.45) is 5.10 Å². The number of ether oxygens (including phenoxy) is 3. The Bertz CT molecular complexity index is 1190. The molecule has 0 aliphatic rings. The number of carbonyl (C=O) groups is 2. The fourth-order valence-electron chi connectivity index (χ4n) is 2.70. The molecule has 0 aromatic heterocycles. The van der Waals surface area contributed by atoms with Crippen molar-refractivity contribution in [3.63, 3.8) is 0 Å². The SMILES string of the molecule is COc1ccc(C(=O)N/N=C/c2cc([N+](=O)[O-])ccc2OC(=O)c2ccc(OC)cc2)cc1. The Morgan fingerprint density at radius 2 is 1.48 bits per heavy atom. The van der Waals surface area contributed by atoms with Gasteiger partial charge in [0.1, 0.15) is 17.2 Å². The second kappa shape index (κ2) is 10.5. The van der Waals surface area contributed by atoms with E-state index in [0.717, 1.165) is 6.21 Å². The lowest BCUT2D eigenvalue weighted by Gasteiger charge is -2.08. The average molecular weight is 449 g/mol. The van der Waals surface area contributed by atoms with Crippen LogP contribution in [0.2, 0.25) is 0 Å². The third-order valence-electron chi connectivity index (χ3n) is 4.45. The number of nitrogens with one attached hydrogen (secondary N) is 1.